The van der Waals surface area contributed by atoms with Crippen LogP contribution in [0.3, 0.4) is 0 Å². The Bertz CT molecular complexity index is 532. The Hall–Kier alpha value is -1.07. The van der Waals surface area contributed by atoms with Crippen molar-refractivity contribution in [3.8, 4) is 0 Å². The van der Waals surface area contributed by atoms with Gasteiger partial charge in [-0.3, -0.25) is 10.1 Å². The van der Waals surface area contributed by atoms with E-state index in [9.17, 15) is 10.1 Å². The van der Waals surface area contributed by atoms with Crippen LogP contribution in [0.4, 0.5) is 5.69 Å². The minimum atomic E-state index is -0.244. The summed E-state index contributed by atoms with van der Waals surface area (Å²) in [5.41, 5.74) is 2.30. The SMILES string of the molecule is C[N+]12CCC[C-]1c1c([N+](=O)[O-])ccc(Br)c1CC2. The van der Waals surface area contributed by atoms with E-state index in [1.165, 1.54) is 6.04 Å². The van der Waals surface area contributed by atoms with Crippen LogP contribution in [0.15, 0.2) is 16.6 Å². The van der Waals surface area contributed by atoms with E-state index >= 15 is 0 Å². The van der Waals surface area contributed by atoms with E-state index in [0.717, 1.165) is 52.4 Å². The maximum absolute atomic E-state index is 11.2. The van der Waals surface area contributed by atoms with Gasteiger partial charge in [-0.15, -0.1) is 5.56 Å². The van der Waals surface area contributed by atoms with Crippen LogP contribution in [0.1, 0.15) is 24.0 Å². The molecule has 5 heteroatoms. The van der Waals surface area contributed by atoms with Crippen LogP contribution >= 0.6 is 15.9 Å². The van der Waals surface area contributed by atoms with Gasteiger partial charge in [0.25, 0.3) is 0 Å². The van der Waals surface area contributed by atoms with Crippen LogP contribution in [0.2, 0.25) is 0 Å². The maximum atomic E-state index is 11.2. The molecule has 0 radical (unpaired) electrons. The number of hydrogen-bond donors (Lipinski definition) is 0. The average molecular weight is 311 g/mol. The molecule has 0 aromatic heterocycles. The Kier molecular flexibility index (Phi) is 2.64. The number of quaternary nitrogens is 1. The Balaban J connectivity index is 2.23. The van der Waals surface area contributed by atoms with Gasteiger partial charge in [-0.2, -0.15) is 0 Å². The zero-order valence-electron chi connectivity index (χ0n) is 10.3. The van der Waals surface area contributed by atoms with Crippen molar-refractivity contribution < 1.29 is 9.41 Å². The second-order valence-electron chi connectivity index (χ2n) is 5.32. The highest BCUT2D eigenvalue weighted by Crippen LogP contribution is 2.47. The van der Waals surface area contributed by atoms with E-state index in [-0.39, 0.29) is 10.6 Å². The van der Waals surface area contributed by atoms with Crippen LogP contribution in [-0.4, -0.2) is 29.5 Å². The number of nitro groups is 1. The topological polar surface area (TPSA) is 43.1 Å². The Morgan fingerprint density at radius 1 is 1.44 bits per heavy atom. The summed E-state index contributed by atoms with van der Waals surface area (Å²) < 4.78 is 1.90. The normalized spacial score (nSPS) is 25.8. The third-order valence-electron chi connectivity index (χ3n) is 4.29. The molecule has 0 aliphatic carbocycles. The zero-order chi connectivity index (χ0) is 12.9. The second kappa shape index (κ2) is 3.96. The van der Waals surface area contributed by atoms with Crippen LogP contribution in [0.5, 0.6) is 0 Å². The minimum Gasteiger partial charge on any atom is -0.346 e. The molecule has 4 nitrogen and oxygen atoms in total. The van der Waals surface area contributed by atoms with E-state index < -0.39 is 0 Å². The first-order valence-corrected chi connectivity index (χ1v) is 6.99. The van der Waals surface area contributed by atoms with Gasteiger partial charge in [-0.05, 0) is 29.8 Å². The smallest absolute Gasteiger partial charge is 0.176 e. The van der Waals surface area contributed by atoms with Gasteiger partial charge in [0.15, 0.2) is 5.69 Å². The third kappa shape index (κ3) is 1.57. The number of hydrogen-bond acceptors (Lipinski definition) is 2. The molecule has 2 aliphatic heterocycles. The monoisotopic (exact) mass is 310 g/mol. The van der Waals surface area contributed by atoms with E-state index in [1.807, 2.05) is 6.07 Å². The van der Waals surface area contributed by atoms with Crippen molar-refractivity contribution in [3.63, 3.8) is 0 Å². The number of likely N-dealkylation sites (N-methyl/N-ethyl adjacent to an activating group) is 1. The predicted octanol–water partition coefficient (Wildman–Crippen LogP) is 3.03. The molecule has 1 saturated heterocycles. The van der Waals surface area contributed by atoms with E-state index in [0.29, 0.717) is 0 Å². The predicted molar refractivity (Wildman–Crippen MR) is 72.0 cm³/mol. The van der Waals surface area contributed by atoms with E-state index in [4.69, 9.17) is 0 Å². The fourth-order valence-corrected chi connectivity index (χ4v) is 3.86. The number of nitrogens with zero attached hydrogens (tertiary/aromatic N) is 2. The van der Waals surface area contributed by atoms with Gasteiger partial charge in [0.05, 0.1) is 20.1 Å². The first-order valence-electron chi connectivity index (χ1n) is 6.20. The van der Waals surface area contributed by atoms with Gasteiger partial charge in [-0.1, -0.05) is 27.6 Å². The summed E-state index contributed by atoms with van der Waals surface area (Å²) in [5, 5.41) is 11.2. The van der Waals surface area contributed by atoms with Gasteiger partial charge >= 0.3 is 0 Å². The van der Waals surface area contributed by atoms with Gasteiger partial charge in [0, 0.05) is 11.0 Å². The summed E-state index contributed by atoms with van der Waals surface area (Å²) in [7, 11) is 2.20. The molecule has 2 aliphatic rings. The molecule has 0 spiro atoms. The standard InChI is InChI=1S/C13H15BrN2O2/c1-16-7-2-3-12(16)13-9(6-8-16)10(14)4-5-11(13)15(17)18/h4-5H,2-3,6-8H2,1H3. The third-order valence-corrected chi connectivity index (χ3v) is 5.03. The summed E-state index contributed by atoms with van der Waals surface area (Å²) in [5.74, 6) is 0. The average Bonchev–Trinajstić information content (AvgIpc) is 2.71. The van der Waals surface area contributed by atoms with E-state index in [2.05, 4.69) is 23.0 Å². The van der Waals surface area contributed by atoms with Crippen molar-refractivity contribution in [2.75, 3.05) is 20.1 Å². The van der Waals surface area contributed by atoms with Crippen LogP contribution in [-0.2, 0) is 6.42 Å². The number of nitro benzene ring substituents is 1. The Labute approximate surface area is 114 Å². The highest BCUT2D eigenvalue weighted by Gasteiger charge is 2.40. The molecule has 18 heavy (non-hydrogen) atoms. The maximum Gasteiger partial charge on any atom is 0.176 e. The lowest BCUT2D eigenvalue weighted by Crippen LogP contribution is -2.48. The lowest BCUT2D eigenvalue weighted by atomic mass is 9.90. The minimum absolute atomic E-state index is 0.244. The Morgan fingerprint density at radius 3 is 2.94 bits per heavy atom. The summed E-state index contributed by atoms with van der Waals surface area (Å²) in [4.78, 5) is 11.0. The molecular formula is C13H15BrN2O2. The highest BCUT2D eigenvalue weighted by molar-refractivity contribution is 9.10. The van der Waals surface area contributed by atoms with Crippen LogP contribution in [0.25, 0.3) is 0 Å². The fourth-order valence-electron chi connectivity index (χ4n) is 3.33. The number of benzene rings is 1. The van der Waals surface area contributed by atoms with Crippen molar-refractivity contribution >= 4 is 21.6 Å². The lowest BCUT2D eigenvalue weighted by molar-refractivity contribution is -0.885. The second-order valence-corrected chi connectivity index (χ2v) is 6.17. The summed E-state index contributed by atoms with van der Waals surface area (Å²) in [6, 6.07) is 4.69. The number of rotatable bonds is 1. The first-order chi connectivity index (χ1) is 8.53. The molecule has 0 saturated carbocycles. The fraction of sp³-hybridized carbons (Fsp3) is 0.462. The molecular weight excluding hydrogens is 296 g/mol. The zero-order valence-corrected chi connectivity index (χ0v) is 11.9. The largest absolute Gasteiger partial charge is 0.346 e. The summed E-state index contributed by atoms with van der Waals surface area (Å²) in [6.07, 6.45) is 3.04. The van der Waals surface area contributed by atoms with Crippen molar-refractivity contribution in [1.29, 1.82) is 0 Å². The lowest BCUT2D eigenvalue weighted by Gasteiger charge is -2.46. The molecule has 0 amide bonds. The van der Waals surface area contributed by atoms with Gasteiger partial charge in [0.1, 0.15) is 0 Å². The molecule has 0 bridgehead atoms. The van der Waals surface area contributed by atoms with Crippen molar-refractivity contribution in [2.45, 2.75) is 19.3 Å². The molecule has 1 aromatic carbocycles. The van der Waals surface area contributed by atoms with Crippen LogP contribution < -0.4 is 0 Å². The van der Waals surface area contributed by atoms with Gasteiger partial charge < -0.3 is 4.48 Å². The molecule has 96 valence electrons. The molecule has 1 aromatic rings. The molecule has 2 heterocycles. The number of fused-ring (bicyclic) bond motifs is 3. The summed E-state index contributed by atoms with van der Waals surface area (Å²) >= 11 is 3.54. The molecule has 3 rings (SSSR count). The molecule has 1 unspecified atom stereocenters. The molecule has 1 fully saturated rings. The van der Waals surface area contributed by atoms with E-state index in [1.54, 1.807) is 6.07 Å². The quantitative estimate of drug-likeness (QED) is 0.346. The molecule has 0 N–H and O–H groups in total. The van der Waals surface area contributed by atoms with Crippen molar-refractivity contribution in [2.24, 2.45) is 0 Å². The Morgan fingerprint density at radius 2 is 2.22 bits per heavy atom. The van der Waals surface area contributed by atoms with Gasteiger partial charge in [0.2, 0.25) is 0 Å². The first kappa shape index (κ1) is 12.0. The number of halogens is 1. The highest BCUT2D eigenvalue weighted by atomic mass is 79.9. The van der Waals surface area contributed by atoms with Crippen molar-refractivity contribution in [3.05, 3.63) is 43.9 Å². The van der Waals surface area contributed by atoms with Crippen molar-refractivity contribution in [1.82, 2.24) is 0 Å². The molecule has 1 atom stereocenters. The summed E-state index contributed by atoms with van der Waals surface area (Å²) in [6.45, 7) is 2.17. The van der Waals surface area contributed by atoms with Crippen LogP contribution in [0, 0.1) is 16.2 Å². The van der Waals surface area contributed by atoms with Gasteiger partial charge in [-0.25, -0.2) is 0 Å².